The first-order valence-corrected chi connectivity index (χ1v) is 10.4. The van der Waals surface area contributed by atoms with Gasteiger partial charge in [0, 0.05) is 60.9 Å². The highest BCUT2D eigenvalue weighted by Gasteiger charge is 2.15. The maximum atomic E-state index is 12.3. The van der Waals surface area contributed by atoms with Crippen molar-refractivity contribution in [3.05, 3.63) is 46.6 Å². The molecule has 0 spiro atoms. The molecule has 1 aromatic carbocycles. The van der Waals surface area contributed by atoms with Gasteiger partial charge >= 0.3 is 0 Å². The maximum absolute atomic E-state index is 12.3. The molecule has 0 atom stereocenters. The van der Waals surface area contributed by atoms with E-state index >= 15 is 0 Å². The molecule has 1 amide bonds. The van der Waals surface area contributed by atoms with Gasteiger partial charge in [0.25, 0.3) is 0 Å². The van der Waals surface area contributed by atoms with E-state index in [4.69, 9.17) is 21.3 Å². The van der Waals surface area contributed by atoms with Crippen LogP contribution in [0.15, 0.2) is 35.8 Å². The summed E-state index contributed by atoms with van der Waals surface area (Å²) >= 11 is 7.59. The molecular formula is C20H24ClN3O2S. The van der Waals surface area contributed by atoms with Gasteiger partial charge in [-0.3, -0.25) is 9.20 Å². The Morgan fingerprint density at radius 1 is 1.30 bits per heavy atom. The van der Waals surface area contributed by atoms with Crippen molar-refractivity contribution < 1.29 is 9.53 Å². The summed E-state index contributed by atoms with van der Waals surface area (Å²) < 4.78 is 7.27. The lowest BCUT2D eigenvalue weighted by Crippen LogP contribution is -2.35. The standard InChI is InChI=1S/C20H24ClN3O2S/c1-3-4-19(25)23(11-12-26-2)10-9-17-14-27-20-22-18(13-24(17)20)15-5-7-16(21)8-6-15/h5-8,13-14H,3-4,9-12H2,1-2H3. The predicted molar refractivity (Wildman–Crippen MR) is 111 cm³/mol. The zero-order chi connectivity index (χ0) is 19.2. The van der Waals surface area contributed by atoms with Gasteiger partial charge in [-0.05, 0) is 18.6 Å². The Morgan fingerprint density at radius 2 is 2.07 bits per heavy atom. The summed E-state index contributed by atoms with van der Waals surface area (Å²) in [7, 11) is 1.66. The number of hydrogen-bond acceptors (Lipinski definition) is 4. The highest BCUT2D eigenvalue weighted by molar-refractivity contribution is 7.15. The normalized spacial score (nSPS) is 11.2. The number of nitrogens with zero attached hydrogens (tertiary/aromatic N) is 3. The smallest absolute Gasteiger partial charge is 0.222 e. The molecular weight excluding hydrogens is 382 g/mol. The van der Waals surface area contributed by atoms with E-state index in [1.165, 1.54) is 0 Å². The molecule has 0 N–H and O–H groups in total. The van der Waals surface area contributed by atoms with E-state index in [2.05, 4.69) is 16.0 Å². The third-order valence-electron chi connectivity index (χ3n) is 4.44. The van der Waals surface area contributed by atoms with Crippen molar-refractivity contribution >= 4 is 33.8 Å². The topological polar surface area (TPSA) is 46.8 Å². The minimum absolute atomic E-state index is 0.188. The Labute approximate surface area is 168 Å². The first kappa shape index (κ1) is 19.9. The SMILES string of the molecule is CCCC(=O)N(CCOC)CCc1csc2nc(-c3ccc(Cl)cc3)cn12. The van der Waals surface area contributed by atoms with Gasteiger partial charge in [-0.2, -0.15) is 0 Å². The fourth-order valence-corrected chi connectivity index (χ4v) is 3.99. The van der Waals surface area contributed by atoms with Crippen LogP contribution in [0.2, 0.25) is 5.02 Å². The van der Waals surface area contributed by atoms with Crippen LogP contribution in [0.4, 0.5) is 0 Å². The van der Waals surface area contributed by atoms with Gasteiger partial charge in [-0.25, -0.2) is 4.98 Å². The molecule has 7 heteroatoms. The monoisotopic (exact) mass is 405 g/mol. The van der Waals surface area contributed by atoms with Crippen molar-refractivity contribution in [3.63, 3.8) is 0 Å². The minimum Gasteiger partial charge on any atom is -0.383 e. The second-order valence-electron chi connectivity index (χ2n) is 6.39. The summed E-state index contributed by atoms with van der Waals surface area (Å²) in [6, 6.07) is 7.70. The van der Waals surface area contributed by atoms with Gasteiger partial charge in [-0.15, -0.1) is 11.3 Å². The number of thiazole rings is 1. The first-order valence-electron chi connectivity index (χ1n) is 9.10. The number of fused-ring (bicyclic) bond motifs is 1. The predicted octanol–water partition coefficient (Wildman–Crippen LogP) is 4.53. The largest absolute Gasteiger partial charge is 0.383 e. The summed E-state index contributed by atoms with van der Waals surface area (Å²) in [5.41, 5.74) is 3.13. The number of amides is 1. The van der Waals surface area contributed by atoms with Crippen molar-refractivity contribution in [2.24, 2.45) is 0 Å². The van der Waals surface area contributed by atoms with E-state index in [1.54, 1.807) is 18.4 Å². The average Bonchev–Trinajstić information content (AvgIpc) is 3.24. The second kappa shape index (κ2) is 9.35. The van der Waals surface area contributed by atoms with Gasteiger partial charge in [0.15, 0.2) is 4.96 Å². The molecule has 0 saturated heterocycles. The average molecular weight is 406 g/mol. The lowest BCUT2D eigenvalue weighted by atomic mass is 10.2. The number of carbonyl (C=O) groups is 1. The molecule has 0 bridgehead atoms. The van der Waals surface area contributed by atoms with E-state index in [1.807, 2.05) is 36.1 Å². The maximum Gasteiger partial charge on any atom is 0.222 e. The molecule has 0 aliphatic carbocycles. The van der Waals surface area contributed by atoms with E-state index in [9.17, 15) is 4.79 Å². The van der Waals surface area contributed by atoms with E-state index in [0.29, 0.717) is 31.1 Å². The van der Waals surface area contributed by atoms with Crippen molar-refractivity contribution in [1.29, 1.82) is 0 Å². The zero-order valence-corrected chi connectivity index (χ0v) is 17.2. The number of imidazole rings is 1. The number of rotatable bonds is 9. The summed E-state index contributed by atoms with van der Waals surface area (Å²) in [5.74, 6) is 0.188. The molecule has 144 valence electrons. The molecule has 0 unspecified atom stereocenters. The third-order valence-corrected chi connectivity index (χ3v) is 5.58. The Kier molecular flexibility index (Phi) is 6.88. The number of methoxy groups -OCH3 is 1. The molecule has 5 nitrogen and oxygen atoms in total. The summed E-state index contributed by atoms with van der Waals surface area (Å²) in [4.78, 5) is 19.9. The van der Waals surface area contributed by atoms with Gasteiger partial charge < -0.3 is 9.64 Å². The molecule has 0 aliphatic heterocycles. The number of ether oxygens (including phenoxy) is 1. The third kappa shape index (κ3) is 4.89. The molecule has 2 heterocycles. The van der Waals surface area contributed by atoms with Gasteiger partial charge in [-0.1, -0.05) is 30.7 Å². The first-order chi connectivity index (χ1) is 13.1. The van der Waals surface area contributed by atoms with Crippen LogP contribution >= 0.6 is 22.9 Å². The van der Waals surface area contributed by atoms with Gasteiger partial charge in [0.1, 0.15) is 0 Å². The molecule has 3 rings (SSSR count). The minimum atomic E-state index is 0.188. The van der Waals surface area contributed by atoms with Crippen molar-refractivity contribution in [2.75, 3.05) is 26.8 Å². The highest BCUT2D eigenvalue weighted by Crippen LogP contribution is 2.25. The van der Waals surface area contributed by atoms with Crippen LogP contribution in [-0.2, 0) is 16.0 Å². The zero-order valence-electron chi connectivity index (χ0n) is 15.7. The van der Waals surface area contributed by atoms with Crippen LogP contribution in [0.1, 0.15) is 25.5 Å². The van der Waals surface area contributed by atoms with E-state index in [-0.39, 0.29) is 5.91 Å². The van der Waals surface area contributed by atoms with Crippen LogP contribution in [0, 0.1) is 0 Å². The van der Waals surface area contributed by atoms with Gasteiger partial charge in [0.2, 0.25) is 5.91 Å². The number of benzene rings is 1. The molecule has 0 aliphatic rings. The van der Waals surface area contributed by atoms with Crippen LogP contribution in [0.5, 0.6) is 0 Å². The molecule has 0 fully saturated rings. The van der Waals surface area contributed by atoms with Crippen LogP contribution in [0.25, 0.3) is 16.2 Å². The highest BCUT2D eigenvalue weighted by atomic mass is 35.5. The van der Waals surface area contributed by atoms with Crippen LogP contribution in [-0.4, -0.2) is 47.0 Å². The van der Waals surface area contributed by atoms with E-state index in [0.717, 1.165) is 34.8 Å². The summed E-state index contributed by atoms with van der Waals surface area (Å²) in [6.45, 7) is 3.89. The summed E-state index contributed by atoms with van der Waals surface area (Å²) in [6.07, 6.45) is 4.28. The lowest BCUT2D eigenvalue weighted by Gasteiger charge is -2.22. The fourth-order valence-electron chi connectivity index (χ4n) is 2.95. The van der Waals surface area contributed by atoms with Crippen LogP contribution < -0.4 is 0 Å². The fraction of sp³-hybridized carbons (Fsp3) is 0.400. The molecule has 0 saturated carbocycles. The Hall–Kier alpha value is -1.89. The summed E-state index contributed by atoms with van der Waals surface area (Å²) in [5, 5.41) is 2.83. The molecule has 27 heavy (non-hydrogen) atoms. The van der Waals surface area contributed by atoms with Gasteiger partial charge in [0.05, 0.1) is 12.3 Å². The molecule has 3 aromatic rings. The number of halogens is 1. The van der Waals surface area contributed by atoms with Crippen molar-refractivity contribution in [3.8, 4) is 11.3 Å². The van der Waals surface area contributed by atoms with Crippen LogP contribution in [0.3, 0.4) is 0 Å². The number of hydrogen-bond donors (Lipinski definition) is 0. The molecule has 2 aromatic heterocycles. The quantitative estimate of drug-likeness (QED) is 0.525. The second-order valence-corrected chi connectivity index (χ2v) is 7.66. The Morgan fingerprint density at radius 3 is 2.78 bits per heavy atom. The van der Waals surface area contributed by atoms with Crippen molar-refractivity contribution in [1.82, 2.24) is 14.3 Å². The number of carbonyl (C=O) groups excluding carboxylic acids is 1. The number of aromatic nitrogens is 2. The Balaban J connectivity index is 1.74. The lowest BCUT2D eigenvalue weighted by molar-refractivity contribution is -0.131. The Bertz CT molecular complexity index is 888. The van der Waals surface area contributed by atoms with E-state index < -0.39 is 0 Å². The molecule has 0 radical (unpaired) electrons. The van der Waals surface area contributed by atoms with Crippen molar-refractivity contribution in [2.45, 2.75) is 26.2 Å².